The zero-order chi connectivity index (χ0) is 28.5. The number of halogens is 2. The van der Waals surface area contributed by atoms with Crippen LogP contribution in [0, 0.1) is 0 Å². The second kappa shape index (κ2) is 11.7. The molecule has 0 saturated carbocycles. The highest BCUT2D eigenvalue weighted by molar-refractivity contribution is 8.09. The molecule has 1 fully saturated rings. The lowest BCUT2D eigenvalue weighted by atomic mass is 10.2. The number of aliphatic hydroxyl groups is 1. The summed E-state index contributed by atoms with van der Waals surface area (Å²) in [7, 11) is 0. The molecule has 0 bridgehead atoms. The predicted octanol–water partition coefficient (Wildman–Crippen LogP) is 2.67. The number of hydrogen-bond acceptors (Lipinski definition) is 12. The third-order valence-electron chi connectivity index (χ3n) is 5.53. The van der Waals surface area contributed by atoms with Crippen LogP contribution in [0.5, 0.6) is 5.75 Å². The van der Waals surface area contributed by atoms with Gasteiger partial charge >= 0.3 is 12.6 Å². The van der Waals surface area contributed by atoms with Crippen LogP contribution in [0.1, 0.15) is 27.0 Å². The van der Waals surface area contributed by atoms with Gasteiger partial charge in [-0.1, -0.05) is 41.4 Å². The molecule has 1 aliphatic rings. The highest BCUT2D eigenvalue weighted by atomic mass is 35.5. The van der Waals surface area contributed by atoms with Crippen LogP contribution in [0.4, 0.5) is 11.8 Å². The Labute approximate surface area is 239 Å². The number of benzene rings is 1. The van der Waals surface area contributed by atoms with Crippen LogP contribution in [0.3, 0.4) is 0 Å². The molecule has 3 heterocycles. The van der Waals surface area contributed by atoms with Gasteiger partial charge in [-0.3, -0.25) is 9.36 Å². The van der Waals surface area contributed by atoms with Gasteiger partial charge in [0.15, 0.2) is 22.0 Å². The highest BCUT2D eigenvalue weighted by Gasteiger charge is 2.56. The number of nitrogens with zero attached hydrogens (tertiary/aromatic N) is 4. The number of nitrogens with one attached hydrogen (secondary N) is 1. The fourth-order valence-electron chi connectivity index (χ4n) is 3.74. The fourth-order valence-corrected chi connectivity index (χ4v) is 6.75. The van der Waals surface area contributed by atoms with E-state index in [1.807, 2.05) is 6.07 Å². The molecule has 0 aliphatic carbocycles. The quantitative estimate of drug-likeness (QED) is 0.148. The minimum atomic E-state index is -3.42. The number of rotatable bonds is 10. The standard InChI is InChI=1S/C22H28Cl2N7O6PS/c1-11(2)35-19(33)12(3)30-38(39,37-13-7-5-4-6-8-13)34-9-14-16(32)22(23,24)20(36-14)31-10-27-15-17(25)28-21(26)29-18(15)31/h4-8,10-12,14,16,20,32H,9H2,1-3H3,(H,30,39)(H4,25,26,28,29)/t12-,14-,16-,20-,38+/m1/s1. The molecule has 212 valence electrons. The molecule has 6 N–H and O–H groups in total. The van der Waals surface area contributed by atoms with Crippen molar-refractivity contribution in [3.8, 4) is 5.75 Å². The van der Waals surface area contributed by atoms with E-state index in [9.17, 15) is 9.90 Å². The Hall–Kier alpha value is -2.29. The molecule has 39 heavy (non-hydrogen) atoms. The first kappa shape index (κ1) is 29.7. The molecule has 2 aromatic heterocycles. The minimum Gasteiger partial charge on any atom is -0.462 e. The van der Waals surface area contributed by atoms with Crippen LogP contribution < -0.4 is 21.1 Å². The van der Waals surface area contributed by atoms with E-state index in [2.05, 4.69) is 20.0 Å². The van der Waals surface area contributed by atoms with Crippen molar-refractivity contribution in [2.75, 3.05) is 18.1 Å². The van der Waals surface area contributed by atoms with E-state index in [-0.39, 0.29) is 35.6 Å². The summed E-state index contributed by atoms with van der Waals surface area (Å²) < 4.78 is 22.8. The van der Waals surface area contributed by atoms with Crippen molar-refractivity contribution in [2.24, 2.45) is 0 Å². The summed E-state index contributed by atoms with van der Waals surface area (Å²) in [6, 6.07) is 7.83. The monoisotopic (exact) mass is 619 g/mol. The summed E-state index contributed by atoms with van der Waals surface area (Å²) in [5, 5.41) is 13.9. The third kappa shape index (κ3) is 6.55. The van der Waals surface area contributed by atoms with Gasteiger partial charge in [-0.05, 0) is 44.7 Å². The summed E-state index contributed by atoms with van der Waals surface area (Å²) in [5.41, 5.74) is 12.1. The molecule has 3 aromatic rings. The lowest BCUT2D eigenvalue weighted by Gasteiger charge is -2.28. The molecule has 0 amide bonds. The summed E-state index contributed by atoms with van der Waals surface area (Å²) in [6.07, 6.45) is -2.65. The highest BCUT2D eigenvalue weighted by Crippen LogP contribution is 2.50. The first-order valence-electron chi connectivity index (χ1n) is 11.7. The fraction of sp³-hybridized carbons (Fsp3) is 0.455. The van der Waals surface area contributed by atoms with Crippen LogP contribution in [0.15, 0.2) is 36.7 Å². The van der Waals surface area contributed by atoms with Crippen molar-refractivity contribution in [3.05, 3.63) is 36.7 Å². The molecular weight excluding hydrogens is 592 g/mol. The Morgan fingerprint density at radius 3 is 2.64 bits per heavy atom. The number of esters is 1. The number of hydrogen-bond donors (Lipinski definition) is 4. The summed E-state index contributed by atoms with van der Waals surface area (Å²) >= 11 is 18.8. The normalized spacial score (nSPS) is 23.0. The Bertz CT molecular complexity index is 1380. The van der Waals surface area contributed by atoms with Gasteiger partial charge in [-0.2, -0.15) is 9.97 Å². The maximum atomic E-state index is 12.4. The molecule has 1 aliphatic heterocycles. The maximum absolute atomic E-state index is 12.4. The average molecular weight is 620 g/mol. The van der Waals surface area contributed by atoms with Gasteiger partial charge in [-0.25, -0.2) is 10.1 Å². The SMILES string of the molecule is CC(C)OC(=O)[C@@H](C)N[P@](=S)(OC[C@H]1O[C@@H](n2cnc3c(N)nc(N)nc32)C(Cl)(Cl)[C@@H]1O)Oc1ccccc1. The molecule has 0 spiro atoms. The summed E-state index contributed by atoms with van der Waals surface area (Å²) in [5.74, 6) is -0.165. The van der Waals surface area contributed by atoms with Gasteiger partial charge in [0.25, 0.3) is 0 Å². The molecule has 1 aromatic carbocycles. The lowest BCUT2D eigenvalue weighted by molar-refractivity contribution is -0.149. The Morgan fingerprint density at radius 1 is 1.28 bits per heavy atom. The van der Waals surface area contributed by atoms with Crippen LogP contribution in [0.2, 0.25) is 0 Å². The first-order valence-corrected chi connectivity index (χ1v) is 15.1. The van der Waals surface area contributed by atoms with Gasteiger partial charge in [-0.15, -0.1) is 0 Å². The van der Waals surface area contributed by atoms with E-state index < -0.39 is 41.4 Å². The number of imidazole rings is 1. The first-order chi connectivity index (χ1) is 18.3. The van der Waals surface area contributed by atoms with Gasteiger partial charge in [0.1, 0.15) is 29.5 Å². The van der Waals surface area contributed by atoms with E-state index in [1.54, 1.807) is 45.0 Å². The molecule has 0 radical (unpaired) electrons. The number of nitrogens with two attached hydrogens (primary N) is 2. The van der Waals surface area contributed by atoms with Crippen LogP contribution in [-0.2, 0) is 30.6 Å². The number of para-hydroxylation sites is 1. The number of carbonyl (C=O) groups is 1. The largest absolute Gasteiger partial charge is 0.462 e. The van der Waals surface area contributed by atoms with E-state index >= 15 is 0 Å². The Morgan fingerprint density at radius 2 is 1.97 bits per heavy atom. The Kier molecular flexibility index (Phi) is 8.89. The number of ether oxygens (including phenoxy) is 2. The number of fused-ring (bicyclic) bond motifs is 1. The zero-order valence-corrected chi connectivity index (χ0v) is 24.3. The topological polar surface area (TPSA) is 182 Å². The van der Waals surface area contributed by atoms with Gasteiger partial charge in [0, 0.05) is 0 Å². The van der Waals surface area contributed by atoms with E-state index in [1.165, 1.54) is 10.9 Å². The van der Waals surface area contributed by atoms with E-state index in [0.29, 0.717) is 5.75 Å². The van der Waals surface area contributed by atoms with Crippen molar-refractivity contribution in [3.63, 3.8) is 0 Å². The number of carbonyl (C=O) groups excluding carboxylic acids is 1. The minimum absolute atomic E-state index is 0.0550. The van der Waals surface area contributed by atoms with E-state index in [0.717, 1.165) is 0 Å². The third-order valence-corrected chi connectivity index (χ3v) is 8.85. The smallest absolute Gasteiger partial charge is 0.323 e. The van der Waals surface area contributed by atoms with Crippen molar-refractivity contribution < 1.29 is 28.4 Å². The molecule has 13 nitrogen and oxygen atoms in total. The van der Waals surface area contributed by atoms with Crippen LogP contribution in [-0.4, -0.2) is 65.9 Å². The molecule has 17 heteroatoms. The zero-order valence-electron chi connectivity index (χ0n) is 21.1. The molecule has 4 rings (SSSR count). The number of aliphatic hydroxyl groups excluding tert-OH is 1. The molecule has 5 atom stereocenters. The van der Waals surface area contributed by atoms with E-state index in [4.69, 9.17) is 65.0 Å². The van der Waals surface area contributed by atoms with Gasteiger partial charge < -0.3 is 35.1 Å². The van der Waals surface area contributed by atoms with Crippen LogP contribution >= 0.6 is 29.8 Å². The number of aromatic nitrogens is 4. The van der Waals surface area contributed by atoms with Gasteiger partial charge in [0.05, 0.1) is 19.0 Å². The maximum Gasteiger partial charge on any atom is 0.323 e. The summed E-state index contributed by atoms with van der Waals surface area (Å²) in [4.78, 5) is 24.7. The number of anilines is 2. The predicted molar refractivity (Wildman–Crippen MR) is 150 cm³/mol. The summed E-state index contributed by atoms with van der Waals surface area (Å²) in [6.45, 7) is 1.33. The van der Waals surface area contributed by atoms with Crippen molar-refractivity contribution in [2.45, 2.75) is 55.7 Å². The average Bonchev–Trinajstić information content (AvgIpc) is 3.36. The lowest BCUT2D eigenvalue weighted by Crippen LogP contribution is -2.39. The molecule has 0 unspecified atom stereocenters. The second-order valence-electron chi connectivity index (χ2n) is 8.97. The van der Waals surface area contributed by atoms with Crippen LogP contribution in [0.25, 0.3) is 11.2 Å². The van der Waals surface area contributed by atoms with Crippen molar-refractivity contribution in [1.82, 2.24) is 24.6 Å². The Balaban J connectivity index is 1.55. The number of nitrogen functional groups attached to an aromatic ring is 2. The second-order valence-corrected chi connectivity index (χ2v) is 13.6. The molecule has 1 saturated heterocycles. The van der Waals surface area contributed by atoms with Crippen molar-refractivity contribution in [1.29, 1.82) is 0 Å². The van der Waals surface area contributed by atoms with Crippen molar-refractivity contribution >= 4 is 70.6 Å². The molecular formula is C22H28Cl2N7O6PS. The van der Waals surface area contributed by atoms with Gasteiger partial charge in [0.2, 0.25) is 5.95 Å². The number of alkyl halides is 2.